The van der Waals surface area contributed by atoms with Crippen LogP contribution in [0, 0.1) is 5.41 Å². The van der Waals surface area contributed by atoms with Crippen LogP contribution in [0.5, 0.6) is 0 Å². The van der Waals surface area contributed by atoms with Gasteiger partial charge in [-0.1, -0.05) is 6.92 Å². The second-order valence-corrected chi connectivity index (χ2v) is 6.35. The van der Waals surface area contributed by atoms with E-state index >= 15 is 0 Å². The first-order chi connectivity index (χ1) is 7.34. The minimum Gasteiger partial charge on any atom is -0.480 e. The van der Waals surface area contributed by atoms with Gasteiger partial charge in [0, 0.05) is 12.3 Å². The van der Waals surface area contributed by atoms with Gasteiger partial charge >= 0.3 is 5.97 Å². The van der Waals surface area contributed by atoms with Gasteiger partial charge in [-0.3, -0.25) is 9.59 Å². The van der Waals surface area contributed by atoms with Crippen LogP contribution in [0.1, 0.15) is 19.8 Å². The number of sulfone groups is 1. The third-order valence-corrected chi connectivity index (χ3v) is 4.44. The third-order valence-electron chi connectivity index (χ3n) is 2.73. The fraction of sp³-hybridized carbons (Fsp3) is 0.778. The van der Waals surface area contributed by atoms with Crippen LogP contribution in [0.4, 0.5) is 0 Å². The highest BCUT2D eigenvalue weighted by Gasteiger charge is 2.56. The normalized spacial score (nSPS) is 17.8. The molecular formula is C9H15NO5S. The summed E-state index contributed by atoms with van der Waals surface area (Å²) in [6, 6.07) is 0. The monoisotopic (exact) mass is 249 g/mol. The first kappa shape index (κ1) is 13.0. The number of carboxylic acid groups (broad SMARTS) is 1. The third kappa shape index (κ3) is 2.72. The zero-order valence-corrected chi connectivity index (χ0v) is 9.84. The fourth-order valence-corrected chi connectivity index (χ4v) is 2.00. The summed E-state index contributed by atoms with van der Waals surface area (Å²) in [5.74, 6) is -1.84. The minimum atomic E-state index is -3.12. The van der Waals surface area contributed by atoms with Crippen LogP contribution in [-0.2, 0) is 19.4 Å². The topological polar surface area (TPSA) is 101 Å². The van der Waals surface area contributed by atoms with Gasteiger partial charge in [0.05, 0.1) is 5.75 Å². The maximum atomic E-state index is 11.5. The molecule has 0 heterocycles. The van der Waals surface area contributed by atoms with E-state index in [2.05, 4.69) is 5.32 Å². The number of carbonyl (C=O) groups is 2. The van der Waals surface area contributed by atoms with Crippen molar-refractivity contribution in [1.29, 1.82) is 0 Å². The van der Waals surface area contributed by atoms with E-state index in [4.69, 9.17) is 5.11 Å². The summed E-state index contributed by atoms with van der Waals surface area (Å²) < 4.78 is 22.2. The molecule has 1 saturated carbocycles. The van der Waals surface area contributed by atoms with Gasteiger partial charge in [0.1, 0.15) is 5.41 Å². The predicted molar refractivity (Wildman–Crippen MR) is 56.6 cm³/mol. The average molecular weight is 249 g/mol. The molecule has 1 rings (SSSR count). The van der Waals surface area contributed by atoms with Crippen molar-refractivity contribution in [3.05, 3.63) is 0 Å². The Bertz CT molecular complexity index is 396. The second kappa shape index (κ2) is 4.40. The molecule has 7 heteroatoms. The number of nitrogens with one attached hydrogen (secondary N) is 1. The lowest BCUT2D eigenvalue weighted by Crippen LogP contribution is -2.39. The summed E-state index contributed by atoms with van der Waals surface area (Å²) in [5, 5.41) is 11.2. The predicted octanol–water partition coefficient (Wildman–Crippen LogP) is -0.598. The van der Waals surface area contributed by atoms with Crippen molar-refractivity contribution >= 4 is 21.7 Å². The molecule has 0 bridgehead atoms. The van der Waals surface area contributed by atoms with E-state index in [0.717, 1.165) is 0 Å². The molecule has 0 aromatic carbocycles. The highest BCUT2D eigenvalue weighted by Crippen LogP contribution is 2.45. The van der Waals surface area contributed by atoms with E-state index in [9.17, 15) is 18.0 Å². The molecule has 0 unspecified atom stereocenters. The Hall–Kier alpha value is -1.11. The Morgan fingerprint density at radius 2 is 1.94 bits per heavy atom. The molecule has 0 aromatic heterocycles. The highest BCUT2D eigenvalue weighted by molar-refractivity contribution is 7.91. The van der Waals surface area contributed by atoms with Crippen molar-refractivity contribution < 1.29 is 23.1 Å². The van der Waals surface area contributed by atoms with E-state index in [1.807, 2.05) is 0 Å². The average Bonchev–Trinajstić information content (AvgIpc) is 2.98. The van der Waals surface area contributed by atoms with Crippen molar-refractivity contribution in [2.75, 3.05) is 18.1 Å². The molecule has 1 aliphatic rings. The lowest BCUT2D eigenvalue weighted by molar-refractivity contribution is -0.148. The standard InChI is InChI=1S/C9H15NO5S/c1-2-16(14,15)6-5-10-7(11)9(3-4-9)8(12)13/h2-6H2,1H3,(H,10,11)(H,12,13). The Morgan fingerprint density at radius 3 is 2.31 bits per heavy atom. The number of hydrogen-bond donors (Lipinski definition) is 2. The molecule has 1 aliphatic carbocycles. The van der Waals surface area contributed by atoms with E-state index in [-0.39, 0.29) is 18.1 Å². The molecule has 0 saturated heterocycles. The fourth-order valence-electron chi connectivity index (χ4n) is 1.30. The maximum absolute atomic E-state index is 11.5. The van der Waals surface area contributed by atoms with Gasteiger partial charge in [-0.25, -0.2) is 8.42 Å². The summed E-state index contributed by atoms with van der Waals surface area (Å²) in [6.07, 6.45) is 0.656. The Labute approximate surface area is 93.9 Å². The first-order valence-electron chi connectivity index (χ1n) is 5.06. The number of amides is 1. The molecule has 0 radical (unpaired) electrons. The molecule has 0 atom stereocenters. The quantitative estimate of drug-likeness (QED) is 0.612. The minimum absolute atomic E-state index is 0.0208. The molecular weight excluding hydrogens is 234 g/mol. The van der Waals surface area contributed by atoms with Crippen molar-refractivity contribution in [3.63, 3.8) is 0 Å². The summed E-state index contributed by atoms with van der Waals surface area (Å²) >= 11 is 0. The summed E-state index contributed by atoms with van der Waals surface area (Å²) in [5.41, 5.74) is -1.30. The van der Waals surface area contributed by atoms with Gasteiger partial charge < -0.3 is 10.4 Å². The molecule has 0 aromatic rings. The van der Waals surface area contributed by atoms with Crippen molar-refractivity contribution in [2.24, 2.45) is 5.41 Å². The lowest BCUT2D eigenvalue weighted by Gasteiger charge is -2.10. The van der Waals surface area contributed by atoms with Gasteiger partial charge in [-0.05, 0) is 12.8 Å². The number of aliphatic carboxylic acids is 1. The Balaban J connectivity index is 2.40. The Kier molecular flexibility index (Phi) is 3.57. The SMILES string of the molecule is CCS(=O)(=O)CCNC(=O)C1(C(=O)O)CC1. The van der Waals surface area contributed by atoms with Crippen LogP contribution in [-0.4, -0.2) is 43.5 Å². The number of rotatable bonds is 6. The second-order valence-electron chi connectivity index (χ2n) is 3.88. The van der Waals surface area contributed by atoms with Crippen LogP contribution in [0.3, 0.4) is 0 Å². The number of carbonyl (C=O) groups excluding carboxylic acids is 1. The van der Waals surface area contributed by atoms with Gasteiger partial charge in [-0.2, -0.15) is 0 Å². The smallest absolute Gasteiger partial charge is 0.319 e. The van der Waals surface area contributed by atoms with Crippen LogP contribution >= 0.6 is 0 Å². The number of hydrogen-bond acceptors (Lipinski definition) is 4. The molecule has 1 fully saturated rings. The molecule has 0 spiro atoms. The molecule has 16 heavy (non-hydrogen) atoms. The lowest BCUT2D eigenvalue weighted by atomic mass is 10.1. The van der Waals surface area contributed by atoms with Crippen molar-refractivity contribution in [3.8, 4) is 0 Å². The summed E-state index contributed by atoms with van der Waals surface area (Å²) in [7, 11) is -3.12. The first-order valence-corrected chi connectivity index (χ1v) is 6.88. The summed E-state index contributed by atoms with van der Waals surface area (Å²) in [4.78, 5) is 22.2. The van der Waals surface area contributed by atoms with Crippen LogP contribution in [0.15, 0.2) is 0 Å². The van der Waals surface area contributed by atoms with Gasteiger partial charge in [-0.15, -0.1) is 0 Å². The number of carboxylic acids is 1. The highest BCUT2D eigenvalue weighted by atomic mass is 32.2. The molecule has 2 N–H and O–H groups in total. The largest absolute Gasteiger partial charge is 0.480 e. The van der Waals surface area contributed by atoms with Crippen LogP contribution in [0.2, 0.25) is 0 Å². The maximum Gasteiger partial charge on any atom is 0.319 e. The van der Waals surface area contributed by atoms with Gasteiger partial charge in [0.2, 0.25) is 5.91 Å². The molecule has 1 amide bonds. The van der Waals surface area contributed by atoms with Gasteiger partial charge in [0.25, 0.3) is 0 Å². The zero-order valence-electron chi connectivity index (χ0n) is 9.02. The zero-order chi connectivity index (χ0) is 12.4. The van der Waals surface area contributed by atoms with E-state index < -0.39 is 27.1 Å². The molecule has 92 valence electrons. The molecule has 0 aliphatic heterocycles. The van der Waals surface area contributed by atoms with Crippen molar-refractivity contribution in [1.82, 2.24) is 5.32 Å². The van der Waals surface area contributed by atoms with Crippen LogP contribution < -0.4 is 5.32 Å². The Morgan fingerprint density at radius 1 is 1.38 bits per heavy atom. The van der Waals surface area contributed by atoms with Crippen molar-refractivity contribution in [2.45, 2.75) is 19.8 Å². The van der Waals surface area contributed by atoms with E-state index in [1.165, 1.54) is 6.92 Å². The van der Waals surface area contributed by atoms with E-state index in [1.54, 1.807) is 0 Å². The molecule has 6 nitrogen and oxygen atoms in total. The van der Waals surface area contributed by atoms with Gasteiger partial charge in [0.15, 0.2) is 9.84 Å². The summed E-state index contributed by atoms with van der Waals surface area (Å²) in [6.45, 7) is 1.50. The van der Waals surface area contributed by atoms with Crippen LogP contribution in [0.25, 0.3) is 0 Å². The van der Waals surface area contributed by atoms with E-state index in [0.29, 0.717) is 12.8 Å².